The first-order chi connectivity index (χ1) is 13.7. The Balaban J connectivity index is 1.67. The minimum absolute atomic E-state index is 0.129. The van der Waals surface area contributed by atoms with E-state index in [1.165, 1.54) is 11.1 Å². The molecule has 0 amide bonds. The number of methoxy groups -OCH3 is 2. The van der Waals surface area contributed by atoms with Gasteiger partial charge in [0.25, 0.3) is 0 Å². The van der Waals surface area contributed by atoms with Gasteiger partial charge >= 0.3 is 0 Å². The van der Waals surface area contributed by atoms with Gasteiger partial charge in [-0.25, -0.2) is 0 Å². The van der Waals surface area contributed by atoms with Crippen LogP contribution in [-0.2, 0) is 15.9 Å². The quantitative estimate of drug-likeness (QED) is 0.647. The SMILES string of the molecule is COc1ccc(C2OCC2(C)C)cc1Cc1cc(C2OCC2(C)C)ccc1OC. The Labute approximate surface area is 174 Å². The third kappa shape index (κ3) is 3.64. The Kier molecular flexibility index (Phi) is 5.12. The second-order valence-corrected chi connectivity index (χ2v) is 9.68. The summed E-state index contributed by atoms with van der Waals surface area (Å²) in [7, 11) is 3.45. The van der Waals surface area contributed by atoms with Crippen molar-refractivity contribution in [3.8, 4) is 11.5 Å². The van der Waals surface area contributed by atoms with Crippen LogP contribution in [0.4, 0.5) is 0 Å². The van der Waals surface area contributed by atoms with Crippen LogP contribution in [-0.4, -0.2) is 27.4 Å². The van der Waals surface area contributed by atoms with E-state index in [-0.39, 0.29) is 23.0 Å². The zero-order chi connectivity index (χ0) is 20.8. The monoisotopic (exact) mass is 396 g/mol. The van der Waals surface area contributed by atoms with Crippen LogP contribution in [0.5, 0.6) is 11.5 Å². The van der Waals surface area contributed by atoms with Crippen LogP contribution in [0.2, 0.25) is 0 Å². The molecule has 4 heteroatoms. The zero-order valence-corrected chi connectivity index (χ0v) is 18.4. The highest BCUT2D eigenvalue weighted by molar-refractivity contribution is 5.47. The summed E-state index contributed by atoms with van der Waals surface area (Å²) in [6.07, 6.45) is 0.989. The molecule has 4 rings (SSSR count). The molecule has 2 aliphatic rings. The van der Waals surface area contributed by atoms with E-state index in [4.69, 9.17) is 18.9 Å². The van der Waals surface area contributed by atoms with Crippen molar-refractivity contribution in [1.82, 2.24) is 0 Å². The molecule has 2 heterocycles. The van der Waals surface area contributed by atoms with Crippen molar-refractivity contribution in [2.75, 3.05) is 27.4 Å². The maximum absolute atomic E-state index is 5.87. The lowest BCUT2D eigenvalue weighted by Crippen LogP contribution is -2.40. The molecule has 0 bridgehead atoms. The van der Waals surface area contributed by atoms with Gasteiger partial charge in [0.2, 0.25) is 0 Å². The van der Waals surface area contributed by atoms with Crippen molar-refractivity contribution >= 4 is 0 Å². The predicted octanol–water partition coefficient (Wildman–Crippen LogP) is 5.49. The first-order valence-electron chi connectivity index (χ1n) is 10.3. The average Bonchev–Trinajstić information content (AvgIpc) is 2.67. The number of hydrogen-bond acceptors (Lipinski definition) is 4. The summed E-state index contributed by atoms with van der Waals surface area (Å²) in [6, 6.07) is 12.8. The lowest BCUT2D eigenvalue weighted by Gasteiger charge is -2.44. The van der Waals surface area contributed by atoms with Gasteiger partial charge in [-0.15, -0.1) is 0 Å². The van der Waals surface area contributed by atoms with Gasteiger partial charge in [0.1, 0.15) is 11.5 Å². The highest BCUT2D eigenvalue weighted by atomic mass is 16.5. The fourth-order valence-electron chi connectivity index (χ4n) is 4.50. The third-order valence-corrected chi connectivity index (χ3v) is 6.26. The molecule has 0 aliphatic carbocycles. The lowest BCUT2D eigenvalue weighted by molar-refractivity contribution is -0.172. The smallest absolute Gasteiger partial charge is 0.122 e. The van der Waals surface area contributed by atoms with Crippen LogP contribution in [0.1, 0.15) is 62.2 Å². The van der Waals surface area contributed by atoms with Crippen LogP contribution in [0, 0.1) is 10.8 Å². The molecule has 156 valence electrons. The molecular formula is C25H32O4. The maximum Gasteiger partial charge on any atom is 0.122 e. The van der Waals surface area contributed by atoms with E-state index in [0.717, 1.165) is 42.3 Å². The number of benzene rings is 2. The first-order valence-corrected chi connectivity index (χ1v) is 10.3. The van der Waals surface area contributed by atoms with Crippen molar-refractivity contribution < 1.29 is 18.9 Å². The highest BCUT2D eigenvalue weighted by Gasteiger charge is 2.42. The number of hydrogen-bond donors (Lipinski definition) is 0. The van der Waals surface area contributed by atoms with E-state index in [2.05, 4.69) is 64.1 Å². The average molecular weight is 397 g/mol. The molecule has 2 fully saturated rings. The van der Waals surface area contributed by atoms with Gasteiger partial charge in [-0.3, -0.25) is 0 Å². The standard InChI is InChI=1S/C25H32O4/c1-24(2)14-28-22(24)16-7-9-20(26-5)18(11-16)13-19-12-17(8-10-21(19)27-6)23-25(3,4)15-29-23/h7-12,22-23H,13-15H2,1-6H3. The Morgan fingerprint density at radius 3 is 1.45 bits per heavy atom. The fraction of sp³-hybridized carbons (Fsp3) is 0.520. The molecule has 0 radical (unpaired) electrons. The van der Waals surface area contributed by atoms with Gasteiger partial charge < -0.3 is 18.9 Å². The minimum Gasteiger partial charge on any atom is -0.496 e. The second-order valence-electron chi connectivity index (χ2n) is 9.68. The largest absolute Gasteiger partial charge is 0.496 e. The van der Waals surface area contributed by atoms with Gasteiger partial charge in [0.05, 0.1) is 39.6 Å². The highest BCUT2D eigenvalue weighted by Crippen LogP contribution is 2.48. The van der Waals surface area contributed by atoms with E-state index in [0.29, 0.717) is 0 Å². The van der Waals surface area contributed by atoms with Crippen LogP contribution >= 0.6 is 0 Å². The number of rotatable bonds is 6. The summed E-state index contributed by atoms with van der Waals surface area (Å²) in [5, 5.41) is 0. The molecule has 29 heavy (non-hydrogen) atoms. The van der Waals surface area contributed by atoms with Crippen molar-refractivity contribution in [2.45, 2.75) is 46.3 Å². The Morgan fingerprint density at radius 2 is 1.17 bits per heavy atom. The molecule has 2 unspecified atom stereocenters. The van der Waals surface area contributed by atoms with E-state index in [9.17, 15) is 0 Å². The Bertz CT molecular complexity index is 826. The minimum atomic E-state index is 0.129. The maximum atomic E-state index is 5.87. The molecule has 2 saturated heterocycles. The summed E-state index contributed by atoms with van der Waals surface area (Å²) in [4.78, 5) is 0. The summed E-state index contributed by atoms with van der Waals surface area (Å²) in [5.41, 5.74) is 5.01. The van der Waals surface area contributed by atoms with Gasteiger partial charge in [0, 0.05) is 17.3 Å². The first kappa shape index (κ1) is 20.2. The van der Waals surface area contributed by atoms with Crippen LogP contribution < -0.4 is 9.47 Å². The van der Waals surface area contributed by atoms with Crippen molar-refractivity contribution in [3.05, 3.63) is 58.7 Å². The molecule has 0 aromatic heterocycles. The van der Waals surface area contributed by atoms with Gasteiger partial charge in [0.15, 0.2) is 0 Å². The van der Waals surface area contributed by atoms with E-state index >= 15 is 0 Å². The van der Waals surface area contributed by atoms with Gasteiger partial charge in [-0.05, 0) is 46.5 Å². The van der Waals surface area contributed by atoms with E-state index < -0.39 is 0 Å². The molecule has 0 saturated carbocycles. The molecule has 0 N–H and O–H groups in total. The molecule has 4 nitrogen and oxygen atoms in total. The third-order valence-electron chi connectivity index (χ3n) is 6.26. The molecule has 2 aromatic carbocycles. The van der Waals surface area contributed by atoms with Gasteiger partial charge in [-0.1, -0.05) is 39.8 Å². The molecule has 2 atom stereocenters. The summed E-state index contributed by atoms with van der Waals surface area (Å²) < 4.78 is 23.1. The van der Waals surface area contributed by atoms with Crippen LogP contribution in [0.15, 0.2) is 36.4 Å². The van der Waals surface area contributed by atoms with Crippen LogP contribution in [0.25, 0.3) is 0 Å². The topological polar surface area (TPSA) is 36.9 Å². The normalized spacial score (nSPS) is 24.3. The van der Waals surface area contributed by atoms with E-state index in [1.807, 2.05) is 0 Å². The second kappa shape index (κ2) is 7.33. The van der Waals surface area contributed by atoms with Gasteiger partial charge in [-0.2, -0.15) is 0 Å². The molecule has 0 spiro atoms. The van der Waals surface area contributed by atoms with E-state index in [1.54, 1.807) is 14.2 Å². The van der Waals surface area contributed by atoms with Crippen LogP contribution in [0.3, 0.4) is 0 Å². The Hall–Kier alpha value is -2.04. The summed E-state index contributed by atoms with van der Waals surface area (Å²) in [5.74, 6) is 1.78. The van der Waals surface area contributed by atoms with Crippen molar-refractivity contribution in [2.24, 2.45) is 10.8 Å². The van der Waals surface area contributed by atoms with Crippen molar-refractivity contribution in [1.29, 1.82) is 0 Å². The summed E-state index contributed by atoms with van der Waals surface area (Å²) >= 11 is 0. The lowest BCUT2D eigenvalue weighted by atomic mass is 9.78. The predicted molar refractivity (Wildman–Crippen MR) is 114 cm³/mol. The van der Waals surface area contributed by atoms with Crippen molar-refractivity contribution in [3.63, 3.8) is 0 Å². The molecule has 2 aliphatic heterocycles. The molecule has 2 aromatic rings. The fourth-order valence-corrected chi connectivity index (χ4v) is 4.50. The zero-order valence-electron chi connectivity index (χ0n) is 18.4. The Morgan fingerprint density at radius 1 is 0.759 bits per heavy atom. The summed E-state index contributed by atoms with van der Waals surface area (Å²) in [6.45, 7) is 10.6. The molecular weight excluding hydrogens is 364 g/mol. The number of ether oxygens (including phenoxy) is 4.